The van der Waals surface area contributed by atoms with Gasteiger partial charge in [-0.15, -0.1) is 0 Å². The van der Waals surface area contributed by atoms with Crippen molar-refractivity contribution < 1.29 is 22.3 Å². The molecule has 0 bridgehead atoms. The summed E-state index contributed by atoms with van der Waals surface area (Å²) in [4.78, 5) is 0. The van der Waals surface area contributed by atoms with Crippen LogP contribution in [0.3, 0.4) is 0 Å². The molecule has 0 radical (unpaired) electrons. The molecule has 98 valence electrons. The van der Waals surface area contributed by atoms with Crippen molar-refractivity contribution in [1.29, 1.82) is 0 Å². The molecule has 0 N–H and O–H groups in total. The molecule has 1 rings (SSSR count). The minimum atomic E-state index is -4.45. The molecule has 0 aromatic heterocycles. The van der Waals surface area contributed by atoms with Crippen LogP contribution >= 0.6 is 0 Å². The molecule has 0 amide bonds. The van der Waals surface area contributed by atoms with Gasteiger partial charge in [-0.25, -0.2) is 4.39 Å². The van der Waals surface area contributed by atoms with Gasteiger partial charge in [0.25, 0.3) is 0 Å². The molecular formula is C12H16F4O. The number of halogens is 4. The van der Waals surface area contributed by atoms with Crippen LogP contribution in [0, 0.1) is 12.7 Å². The first-order valence-electron chi connectivity index (χ1n) is 5.25. The van der Waals surface area contributed by atoms with Gasteiger partial charge in [0, 0.05) is 0 Å². The minimum Gasteiger partial charge on any atom is -0.481 e. The summed E-state index contributed by atoms with van der Waals surface area (Å²) in [6.45, 7) is 4.41. The summed E-state index contributed by atoms with van der Waals surface area (Å²) in [6.07, 6.45) is -3.20. The van der Waals surface area contributed by atoms with Crippen molar-refractivity contribution in [1.82, 2.24) is 0 Å². The highest BCUT2D eigenvalue weighted by atomic mass is 19.4. The first-order valence-corrected chi connectivity index (χ1v) is 5.25. The fraction of sp³-hybridized carbons (Fsp3) is 0.500. The fourth-order valence-electron chi connectivity index (χ4n) is 0.883. The molecule has 17 heavy (non-hydrogen) atoms. The number of aryl methyl sites for hydroxylation is 1. The van der Waals surface area contributed by atoms with Crippen LogP contribution in [0.2, 0.25) is 0 Å². The Morgan fingerprint density at radius 1 is 1.18 bits per heavy atom. The van der Waals surface area contributed by atoms with Crippen LogP contribution in [0.1, 0.15) is 25.8 Å². The summed E-state index contributed by atoms with van der Waals surface area (Å²) < 4.78 is 52.3. The van der Waals surface area contributed by atoms with E-state index in [2.05, 4.69) is 18.6 Å². The zero-order valence-electron chi connectivity index (χ0n) is 10.1. The Labute approximate surface area is 98.4 Å². The number of hydrogen-bond donors (Lipinski definition) is 0. The third-order valence-electron chi connectivity index (χ3n) is 1.48. The maximum atomic E-state index is 12.9. The minimum absolute atomic E-state index is 0.382. The van der Waals surface area contributed by atoms with Crippen molar-refractivity contribution >= 4 is 0 Å². The van der Waals surface area contributed by atoms with E-state index in [1.54, 1.807) is 6.92 Å². The Kier molecular flexibility index (Phi) is 6.61. The van der Waals surface area contributed by atoms with Crippen molar-refractivity contribution in [3.63, 3.8) is 0 Å². The zero-order valence-corrected chi connectivity index (χ0v) is 10.1. The molecule has 0 aliphatic heterocycles. The summed E-state index contributed by atoms with van der Waals surface area (Å²) in [5.41, 5.74) is 0.627. The average Bonchev–Trinajstić information content (AvgIpc) is 2.16. The topological polar surface area (TPSA) is 9.23 Å². The Morgan fingerprint density at radius 3 is 2.12 bits per heavy atom. The second kappa shape index (κ2) is 7.14. The molecule has 0 heterocycles. The van der Waals surface area contributed by atoms with Gasteiger partial charge in [0.15, 0.2) is 18.2 Å². The van der Waals surface area contributed by atoms with E-state index in [4.69, 9.17) is 0 Å². The van der Waals surface area contributed by atoms with Gasteiger partial charge in [-0.1, -0.05) is 26.3 Å². The van der Waals surface area contributed by atoms with Gasteiger partial charge in [0.1, 0.15) is 0 Å². The summed E-state index contributed by atoms with van der Waals surface area (Å²) in [7, 11) is 0. The van der Waals surface area contributed by atoms with Crippen molar-refractivity contribution in [3.05, 3.63) is 29.6 Å². The van der Waals surface area contributed by atoms with E-state index in [0.29, 0.717) is 5.56 Å². The second-order valence-corrected chi connectivity index (χ2v) is 3.54. The summed E-state index contributed by atoms with van der Waals surface area (Å²) in [5.74, 6) is -1.16. The third-order valence-corrected chi connectivity index (χ3v) is 1.48. The number of ether oxygens (including phenoxy) is 1. The van der Waals surface area contributed by atoms with Gasteiger partial charge in [0.2, 0.25) is 0 Å². The van der Waals surface area contributed by atoms with Gasteiger partial charge in [-0.05, 0) is 24.6 Å². The van der Waals surface area contributed by atoms with Crippen molar-refractivity contribution in [2.75, 3.05) is 6.61 Å². The normalized spacial score (nSPS) is 10.5. The lowest BCUT2D eigenvalue weighted by Crippen LogP contribution is -2.19. The predicted octanol–water partition coefficient (Wildman–Crippen LogP) is 4.49. The van der Waals surface area contributed by atoms with Crippen LogP contribution < -0.4 is 4.74 Å². The first kappa shape index (κ1) is 15.7. The number of benzene rings is 1. The van der Waals surface area contributed by atoms with E-state index in [1.165, 1.54) is 18.6 Å². The molecule has 5 heteroatoms. The SMILES string of the molecule is CCC.Cc1ccc(OCC(F)(F)F)c(F)c1. The van der Waals surface area contributed by atoms with Crippen LogP contribution in [0.4, 0.5) is 17.6 Å². The Bertz CT molecular complexity index is 334. The van der Waals surface area contributed by atoms with Crippen LogP contribution in [-0.4, -0.2) is 12.8 Å². The standard InChI is InChI=1S/C9H8F4O.C3H8/c1-6-2-3-8(7(10)4-6)14-5-9(11,12)13;1-3-2/h2-4H,5H2,1H3;3H2,1-2H3. The van der Waals surface area contributed by atoms with Crippen LogP contribution in [0.5, 0.6) is 5.75 Å². The molecule has 1 aromatic rings. The van der Waals surface area contributed by atoms with Crippen LogP contribution in [-0.2, 0) is 0 Å². The first-order chi connectivity index (χ1) is 7.80. The van der Waals surface area contributed by atoms with E-state index in [-0.39, 0.29) is 5.75 Å². The quantitative estimate of drug-likeness (QED) is 0.704. The van der Waals surface area contributed by atoms with Gasteiger partial charge in [-0.2, -0.15) is 13.2 Å². The Morgan fingerprint density at radius 2 is 1.71 bits per heavy atom. The monoisotopic (exact) mass is 252 g/mol. The summed E-state index contributed by atoms with van der Waals surface area (Å²) in [6, 6.07) is 3.77. The van der Waals surface area contributed by atoms with Gasteiger partial charge in [-0.3, -0.25) is 0 Å². The van der Waals surface area contributed by atoms with Crippen molar-refractivity contribution in [3.8, 4) is 5.75 Å². The van der Waals surface area contributed by atoms with E-state index in [1.807, 2.05) is 0 Å². The predicted molar refractivity (Wildman–Crippen MR) is 58.7 cm³/mol. The van der Waals surface area contributed by atoms with E-state index >= 15 is 0 Å². The number of alkyl halides is 3. The molecule has 0 aliphatic carbocycles. The summed E-state index contributed by atoms with van der Waals surface area (Å²) >= 11 is 0. The van der Waals surface area contributed by atoms with Crippen molar-refractivity contribution in [2.24, 2.45) is 0 Å². The number of hydrogen-bond acceptors (Lipinski definition) is 1. The highest BCUT2D eigenvalue weighted by Gasteiger charge is 2.28. The zero-order chi connectivity index (χ0) is 13.5. The summed E-state index contributed by atoms with van der Waals surface area (Å²) in [5, 5.41) is 0. The number of rotatable bonds is 2. The maximum absolute atomic E-state index is 12.9. The van der Waals surface area contributed by atoms with Crippen molar-refractivity contribution in [2.45, 2.75) is 33.4 Å². The fourth-order valence-corrected chi connectivity index (χ4v) is 0.883. The lowest BCUT2D eigenvalue weighted by molar-refractivity contribution is -0.153. The van der Waals surface area contributed by atoms with E-state index < -0.39 is 18.6 Å². The molecule has 0 atom stereocenters. The average molecular weight is 252 g/mol. The Hall–Kier alpha value is -1.26. The highest BCUT2D eigenvalue weighted by Crippen LogP contribution is 2.21. The lowest BCUT2D eigenvalue weighted by Gasteiger charge is -2.09. The molecule has 0 saturated carbocycles. The van der Waals surface area contributed by atoms with Crippen LogP contribution in [0.15, 0.2) is 18.2 Å². The molecular weight excluding hydrogens is 236 g/mol. The van der Waals surface area contributed by atoms with Crippen LogP contribution in [0.25, 0.3) is 0 Å². The van der Waals surface area contributed by atoms with Gasteiger partial charge < -0.3 is 4.74 Å². The molecule has 0 unspecified atom stereocenters. The largest absolute Gasteiger partial charge is 0.481 e. The smallest absolute Gasteiger partial charge is 0.422 e. The molecule has 0 fully saturated rings. The van der Waals surface area contributed by atoms with Gasteiger partial charge in [0.05, 0.1) is 0 Å². The molecule has 1 aromatic carbocycles. The molecule has 0 spiro atoms. The maximum Gasteiger partial charge on any atom is 0.422 e. The second-order valence-electron chi connectivity index (χ2n) is 3.54. The van der Waals surface area contributed by atoms with E-state index in [9.17, 15) is 17.6 Å². The highest BCUT2D eigenvalue weighted by molar-refractivity contribution is 5.28. The lowest BCUT2D eigenvalue weighted by atomic mass is 10.2. The molecule has 0 saturated heterocycles. The Balaban J connectivity index is 0.000000770. The molecule has 1 nitrogen and oxygen atoms in total. The third kappa shape index (κ3) is 7.60. The molecule has 0 aliphatic rings. The van der Waals surface area contributed by atoms with E-state index in [0.717, 1.165) is 6.07 Å². The van der Waals surface area contributed by atoms with Gasteiger partial charge >= 0.3 is 6.18 Å².